The molecule has 0 N–H and O–H groups in total. The lowest BCUT2D eigenvalue weighted by Gasteiger charge is -2.05. The number of benzene rings is 1. The van der Waals surface area contributed by atoms with Crippen molar-refractivity contribution in [2.75, 3.05) is 0 Å². The van der Waals surface area contributed by atoms with Gasteiger partial charge in [-0.25, -0.2) is 0 Å². The second-order valence-electron chi connectivity index (χ2n) is 4.52. The lowest BCUT2D eigenvalue weighted by atomic mass is 10.0. The number of hydrogen-bond acceptors (Lipinski definition) is 2. The average molecular weight is 202 g/mol. The van der Waals surface area contributed by atoms with E-state index in [0.717, 1.165) is 12.8 Å². The van der Waals surface area contributed by atoms with Crippen LogP contribution in [-0.2, 0) is 4.79 Å². The summed E-state index contributed by atoms with van der Waals surface area (Å²) in [5.41, 5.74) is 1.44. The van der Waals surface area contributed by atoms with E-state index < -0.39 is 0 Å². The first kappa shape index (κ1) is 7.52. The zero-order valence-electron chi connectivity index (χ0n) is 7.69. The Morgan fingerprint density at radius 1 is 1.29 bits per heavy atom. The molecule has 3 atom stereocenters. The summed E-state index contributed by atoms with van der Waals surface area (Å²) in [6, 6.07) is 8.59. The number of Topliss-reactive ketones (excluding diaryl/α,β-unsaturated/α-hetero) is 1. The Morgan fingerprint density at radius 3 is 3.07 bits per heavy atom. The molecule has 2 saturated carbocycles. The quantitative estimate of drug-likeness (QED) is 0.643. The Labute approximate surface area is 86.9 Å². The maximum absolute atomic E-state index is 11.6. The first-order valence-corrected chi connectivity index (χ1v) is 5.95. The molecule has 0 bridgehead atoms. The topological polar surface area (TPSA) is 17.1 Å². The van der Waals surface area contributed by atoms with Gasteiger partial charge in [0.1, 0.15) is 5.78 Å². The highest BCUT2D eigenvalue weighted by Gasteiger charge is 2.74. The lowest BCUT2D eigenvalue weighted by Crippen LogP contribution is -1.99. The highest BCUT2D eigenvalue weighted by Crippen LogP contribution is 2.78. The summed E-state index contributed by atoms with van der Waals surface area (Å²) in [5, 5.41) is 0. The van der Waals surface area contributed by atoms with E-state index in [0.29, 0.717) is 22.4 Å². The van der Waals surface area contributed by atoms with Crippen LogP contribution in [0.15, 0.2) is 29.2 Å². The van der Waals surface area contributed by atoms with Crippen molar-refractivity contribution in [1.82, 2.24) is 0 Å². The second kappa shape index (κ2) is 2.08. The minimum absolute atomic E-state index is 0.320. The van der Waals surface area contributed by atoms with Crippen LogP contribution < -0.4 is 0 Å². The molecular formula is C12H10OS. The van der Waals surface area contributed by atoms with Crippen LogP contribution in [0.5, 0.6) is 0 Å². The summed E-state index contributed by atoms with van der Waals surface area (Å²) < 4.78 is 0.320. The number of rotatable bonds is 0. The van der Waals surface area contributed by atoms with Crippen molar-refractivity contribution >= 4 is 17.5 Å². The number of hydrogen-bond donors (Lipinski definition) is 0. The van der Waals surface area contributed by atoms with E-state index >= 15 is 0 Å². The zero-order chi connectivity index (χ0) is 9.34. The molecule has 2 fully saturated rings. The van der Waals surface area contributed by atoms with Crippen LogP contribution in [0.1, 0.15) is 24.3 Å². The van der Waals surface area contributed by atoms with Crippen LogP contribution >= 0.6 is 11.8 Å². The fourth-order valence-electron chi connectivity index (χ4n) is 3.32. The van der Waals surface area contributed by atoms with Gasteiger partial charge in [0.05, 0.1) is 0 Å². The molecule has 0 radical (unpaired) electrons. The highest BCUT2D eigenvalue weighted by molar-refractivity contribution is 8.01. The smallest absolute Gasteiger partial charge is 0.138 e. The molecule has 1 aromatic carbocycles. The third kappa shape index (κ3) is 0.630. The maximum atomic E-state index is 11.6. The summed E-state index contributed by atoms with van der Waals surface area (Å²) >= 11 is 1.97. The Bertz CT molecular complexity index is 453. The first-order chi connectivity index (χ1) is 6.83. The summed E-state index contributed by atoms with van der Waals surface area (Å²) in [6.45, 7) is 0. The van der Waals surface area contributed by atoms with Gasteiger partial charge in [-0.05, 0) is 18.1 Å². The molecule has 3 unspecified atom stereocenters. The molecule has 0 saturated heterocycles. The van der Waals surface area contributed by atoms with Crippen molar-refractivity contribution in [3.05, 3.63) is 29.8 Å². The van der Waals surface area contributed by atoms with Gasteiger partial charge in [0.2, 0.25) is 0 Å². The Kier molecular flexibility index (Phi) is 1.12. The molecule has 1 aromatic rings. The zero-order valence-corrected chi connectivity index (χ0v) is 8.51. The fraction of sp³-hybridized carbons (Fsp3) is 0.417. The number of thioether (sulfide) groups is 1. The second-order valence-corrected chi connectivity index (χ2v) is 5.92. The molecule has 3 aliphatic rings. The first-order valence-electron chi connectivity index (χ1n) is 5.13. The minimum Gasteiger partial charge on any atom is -0.299 e. The average Bonchev–Trinajstić information content (AvgIpc) is 2.54. The molecule has 1 nitrogen and oxygen atoms in total. The molecule has 0 aromatic heterocycles. The van der Waals surface area contributed by atoms with Gasteiger partial charge in [-0.2, -0.15) is 0 Å². The van der Waals surface area contributed by atoms with Crippen LogP contribution in [-0.4, -0.2) is 10.5 Å². The van der Waals surface area contributed by atoms with Gasteiger partial charge >= 0.3 is 0 Å². The molecule has 0 amide bonds. The Hall–Kier alpha value is -0.760. The molecule has 4 rings (SSSR count). The largest absolute Gasteiger partial charge is 0.299 e. The van der Waals surface area contributed by atoms with Gasteiger partial charge in [-0.15, -0.1) is 11.8 Å². The minimum atomic E-state index is 0.320. The number of fused-ring (bicyclic) bond motifs is 3. The van der Waals surface area contributed by atoms with Crippen LogP contribution in [0.3, 0.4) is 0 Å². The van der Waals surface area contributed by atoms with Crippen LogP contribution in [0, 0.1) is 5.92 Å². The van der Waals surface area contributed by atoms with Gasteiger partial charge in [0.25, 0.3) is 0 Å². The Balaban J connectivity index is 1.88. The van der Waals surface area contributed by atoms with Gasteiger partial charge in [0, 0.05) is 27.9 Å². The summed E-state index contributed by atoms with van der Waals surface area (Å²) in [4.78, 5) is 13.0. The van der Waals surface area contributed by atoms with E-state index in [-0.39, 0.29) is 0 Å². The summed E-state index contributed by atoms with van der Waals surface area (Å²) in [6.07, 6.45) is 1.93. The van der Waals surface area contributed by atoms with Crippen molar-refractivity contribution in [1.29, 1.82) is 0 Å². The molecule has 1 aliphatic heterocycles. The van der Waals surface area contributed by atoms with Crippen molar-refractivity contribution in [2.24, 2.45) is 5.92 Å². The van der Waals surface area contributed by atoms with Crippen LogP contribution in [0.2, 0.25) is 0 Å². The molecular weight excluding hydrogens is 192 g/mol. The molecule has 2 aliphatic carbocycles. The summed E-state index contributed by atoms with van der Waals surface area (Å²) in [5.74, 6) is 1.46. The predicted octanol–water partition coefficient (Wildman–Crippen LogP) is 2.61. The molecule has 1 heterocycles. The van der Waals surface area contributed by atoms with E-state index in [9.17, 15) is 4.79 Å². The van der Waals surface area contributed by atoms with Crippen molar-refractivity contribution in [2.45, 2.75) is 28.4 Å². The van der Waals surface area contributed by atoms with E-state index in [1.807, 2.05) is 11.8 Å². The molecule has 70 valence electrons. The van der Waals surface area contributed by atoms with Crippen molar-refractivity contribution < 1.29 is 4.79 Å². The third-order valence-electron chi connectivity index (χ3n) is 3.94. The van der Waals surface area contributed by atoms with E-state index in [2.05, 4.69) is 24.3 Å². The van der Waals surface area contributed by atoms with Crippen LogP contribution in [0.4, 0.5) is 0 Å². The fourth-order valence-corrected chi connectivity index (χ4v) is 5.11. The molecule has 2 heteroatoms. The molecule has 14 heavy (non-hydrogen) atoms. The third-order valence-corrected chi connectivity index (χ3v) is 5.62. The van der Waals surface area contributed by atoms with E-state index in [1.54, 1.807) is 0 Å². The lowest BCUT2D eigenvalue weighted by molar-refractivity contribution is -0.119. The monoisotopic (exact) mass is 202 g/mol. The normalized spacial score (nSPS) is 41.9. The van der Waals surface area contributed by atoms with Crippen LogP contribution in [0.25, 0.3) is 0 Å². The maximum Gasteiger partial charge on any atom is 0.138 e. The highest BCUT2D eigenvalue weighted by atomic mass is 32.2. The standard InChI is InChI=1S/C12H10OS/c13-8-5-6-12-10(11(8)12)7-3-1-2-4-9(7)14-12/h1-4,10-11H,5-6H2. The predicted molar refractivity (Wildman–Crippen MR) is 55.5 cm³/mol. The SMILES string of the molecule is O=C1CCC23Sc4ccccc4C2C13. The van der Waals surface area contributed by atoms with E-state index in [1.165, 1.54) is 10.5 Å². The Morgan fingerprint density at radius 2 is 2.14 bits per heavy atom. The number of ketones is 1. The van der Waals surface area contributed by atoms with Crippen molar-refractivity contribution in [3.63, 3.8) is 0 Å². The number of carbonyl (C=O) groups is 1. The number of carbonyl (C=O) groups excluding carboxylic acids is 1. The van der Waals surface area contributed by atoms with Gasteiger partial charge in [0.15, 0.2) is 0 Å². The molecule has 1 spiro atoms. The van der Waals surface area contributed by atoms with Gasteiger partial charge < -0.3 is 0 Å². The van der Waals surface area contributed by atoms with E-state index in [4.69, 9.17) is 0 Å². The van der Waals surface area contributed by atoms with Gasteiger partial charge in [-0.1, -0.05) is 18.2 Å². The van der Waals surface area contributed by atoms with Gasteiger partial charge in [-0.3, -0.25) is 4.79 Å². The van der Waals surface area contributed by atoms with Crippen molar-refractivity contribution in [3.8, 4) is 0 Å². The summed E-state index contributed by atoms with van der Waals surface area (Å²) in [7, 11) is 0.